The summed E-state index contributed by atoms with van der Waals surface area (Å²) in [7, 11) is 0. The predicted octanol–water partition coefficient (Wildman–Crippen LogP) is 2.22. The summed E-state index contributed by atoms with van der Waals surface area (Å²) < 4.78 is 40.1. The van der Waals surface area contributed by atoms with E-state index in [1.165, 1.54) is 23.0 Å². The third kappa shape index (κ3) is 4.90. The van der Waals surface area contributed by atoms with Crippen molar-refractivity contribution >= 4 is 5.91 Å². The van der Waals surface area contributed by atoms with Gasteiger partial charge in [-0.25, -0.2) is 4.68 Å². The fraction of sp³-hybridized carbons (Fsp3) is 0.474. The first-order valence-electron chi connectivity index (χ1n) is 9.30. The molecule has 2 N–H and O–H groups in total. The molecule has 1 amide bonds. The summed E-state index contributed by atoms with van der Waals surface area (Å²) in [4.78, 5) is 14.8. The minimum Gasteiger partial charge on any atom is -0.352 e. The molecule has 9 heteroatoms. The third-order valence-corrected chi connectivity index (χ3v) is 4.82. The van der Waals surface area contributed by atoms with Crippen LogP contribution in [0.3, 0.4) is 0 Å². The Hall–Kier alpha value is -2.39. The van der Waals surface area contributed by atoms with Crippen molar-refractivity contribution in [3.63, 3.8) is 0 Å². The molecule has 0 spiro atoms. The highest BCUT2D eigenvalue weighted by molar-refractivity contribution is 5.95. The summed E-state index contributed by atoms with van der Waals surface area (Å²) in [5.74, 6) is -0.268. The van der Waals surface area contributed by atoms with Gasteiger partial charge in [-0.3, -0.25) is 4.79 Å². The Morgan fingerprint density at radius 1 is 1.29 bits per heavy atom. The summed E-state index contributed by atoms with van der Waals surface area (Å²) in [6.07, 6.45) is -2.20. The molecule has 1 aromatic carbocycles. The molecular formula is C19H24F3N5O. The number of piperazine rings is 1. The topological polar surface area (TPSA) is 62.2 Å². The first-order chi connectivity index (χ1) is 13.4. The van der Waals surface area contributed by atoms with Crippen molar-refractivity contribution < 1.29 is 18.0 Å². The van der Waals surface area contributed by atoms with E-state index < -0.39 is 11.7 Å². The highest BCUT2D eigenvalue weighted by Crippen LogP contribution is 2.30. The molecule has 1 aromatic heterocycles. The van der Waals surface area contributed by atoms with Crippen LogP contribution in [-0.4, -0.2) is 59.9 Å². The van der Waals surface area contributed by atoms with Gasteiger partial charge in [-0.05, 0) is 38.1 Å². The molecule has 0 saturated carbocycles. The van der Waals surface area contributed by atoms with Crippen LogP contribution in [-0.2, 0) is 6.18 Å². The molecule has 1 saturated heterocycles. The highest BCUT2D eigenvalue weighted by Gasteiger charge is 2.30. The lowest BCUT2D eigenvalue weighted by Crippen LogP contribution is -2.44. The van der Waals surface area contributed by atoms with Gasteiger partial charge in [-0.1, -0.05) is 6.07 Å². The van der Waals surface area contributed by atoms with Gasteiger partial charge in [0.2, 0.25) is 0 Å². The number of benzene rings is 1. The zero-order valence-electron chi connectivity index (χ0n) is 15.7. The number of hydrogen-bond donors (Lipinski definition) is 2. The minimum absolute atomic E-state index is 0.268. The molecule has 0 atom stereocenters. The predicted molar refractivity (Wildman–Crippen MR) is 99.6 cm³/mol. The van der Waals surface area contributed by atoms with Crippen LogP contribution in [0.2, 0.25) is 0 Å². The summed E-state index contributed by atoms with van der Waals surface area (Å²) in [5, 5.41) is 10.3. The zero-order chi connectivity index (χ0) is 20.1. The first kappa shape index (κ1) is 20.3. The van der Waals surface area contributed by atoms with Gasteiger partial charge in [0.1, 0.15) is 0 Å². The van der Waals surface area contributed by atoms with E-state index in [0.717, 1.165) is 51.3 Å². The summed E-state index contributed by atoms with van der Waals surface area (Å²) in [5.41, 5.74) is 0.377. The maximum atomic E-state index is 12.9. The Bertz CT molecular complexity index is 812. The molecule has 28 heavy (non-hydrogen) atoms. The van der Waals surface area contributed by atoms with Gasteiger partial charge >= 0.3 is 6.18 Å². The standard InChI is InChI=1S/C19H24F3N5O/c1-14-17(18(28)24-6-3-9-26-10-7-23-8-11-26)13-25-27(14)16-5-2-4-15(12-16)19(20,21)22/h2,4-5,12-13,23H,3,6-11H2,1H3,(H,24,28). The lowest BCUT2D eigenvalue weighted by Gasteiger charge is -2.27. The molecular weight excluding hydrogens is 371 g/mol. The van der Waals surface area contributed by atoms with E-state index in [4.69, 9.17) is 0 Å². The number of carbonyl (C=O) groups is 1. The van der Waals surface area contributed by atoms with Crippen LogP contribution < -0.4 is 10.6 Å². The van der Waals surface area contributed by atoms with Crippen LogP contribution in [0.25, 0.3) is 5.69 Å². The SMILES string of the molecule is Cc1c(C(=O)NCCCN2CCNCC2)cnn1-c1cccc(C(F)(F)F)c1. The van der Waals surface area contributed by atoms with Crippen molar-refractivity contribution in [2.75, 3.05) is 39.3 Å². The van der Waals surface area contributed by atoms with Gasteiger partial charge < -0.3 is 15.5 Å². The molecule has 1 fully saturated rings. The number of rotatable bonds is 6. The fourth-order valence-corrected chi connectivity index (χ4v) is 3.24. The van der Waals surface area contributed by atoms with Crippen molar-refractivity contribution in [2.45, 2.75) is 19.5 Å². The van der Waals surface area contributed by atoms with Crippen LogP contribution in [0.4, 0.5) is 13.2 Å². The van der Waals surface area contributed by atoms with Gasteiger partial charge in [-0.15, -0.1) is 0 Å². The number of amides is 1. The van der Waals surface area contributed by atoms with Crippen LogP contribution >= 0.6 is 0 Å². The summed E-state index contributed by atoms with van der Waals surface area (Å²) in [6, 6.07) is 4.89. The van der Waals surface area contributed by atoms with Crippen LogP contribution in [0.15, 0.2) is 30.5 Å². The monoisotopic (exact) mass is 395 g/mol. The highest BCUT2D eigenvalue weighted by atomic mass is 19.4. The largest absolute Gasteiger partial charge is 0.416 e. The van der Waals surface area contributed by atoms with Crippen LogP contribution in [0, 0.1) is 6.92 Å². The second-order valence-electron chi connectivity index (χ2n) is 6.80. The lowest BCUT2D eigenvalue weighted by atomic mass is 10.2. The third-order valence-electron chi connectivity index (χ3n) is 4.82. The molecule has 0 aliphatic carbocycles. The van der Waals surface area contributed by atoms with Crippen molar-refractivity contribution in [3.8, 4) is 5.69 Å². The van der Waals surface area contributed by atoms with Gasteiger partial charge in [-0.2, -0.15) is 18.3 Å². The maximum absolute atomic E-state index is 12.9. The van der Waals surface area contributed by atoms with Gasteiger partial charge in [0.05, 0.1) is 28.7 Å². The summed E-state index contributed by atoms with van der Waals surface area (Å²) >= 11 is 0. The van der Waals surface area contributed by atoms with E-state index in [1.54, 1.807) is 6.92 Å². The van der Waals surface area contributed by atoms with Crippen molar-refractivity contribution in [3.05, 3.63) is 47.3 Å². The first-order valence-corrected chi connectivity index (χ1v) is 9.30. The number of carbonyl (C=O) groups excluding carboxylic acids is 1. The minimum atomic E-state index is -4.43. The summed E-state index contributed by atoms with van der Waals surface area (Å²) in [6.45, 7) is 7.12. The molecule has 6 nitrogen and oxygen atoms in total. The molecule has 2 heterocycles. The molecule has 0 unspecified atom stereocenters. The lowest BCUT2D eigenvalue weighted by molar-refractivity contribution is -0.137. The second-order valence-corrected chi connectivity index (χ2v) is 6.80. The van der Waals surface area contributed by atoms with Gasteiger partial charge in [0, 0.05) is 32.7 Å². The Balaban J connectivity index is 1.60. The number of halogens is 3. The Labute approximate surface area is 161 Å². The second kappa shape index (κ2) is 8.74. The number of nitrogens with zero attached hydrogens (tertiary/aromatic N) is 3. The average molecular weight is 395 g/mol. The van der Waals surface area contributed by atoms with Gasteiger partial charge in [0.25, 0.3) is 5.91 Å². The fourth-order valence-electron chi connectivity index (χ4n) is 3.24. The quantitative estimate of drug-likeness (QED) is 0.737. The van der Waals surface area contributed by atoms with E-state index in [0.29, 0.717) is 17.8 Å². The maximum Gasteiger partial charge on any atom is 0.416 e. The van der Waals surface area contributed by atoms with Crippen molar-refractivity contribution in [1.29, 1.82) is 0 Å². The van der Waals surface area contributed by atoms with E-state index in [9.17, 15) is 18.0 Å². The van der Waals surface area contributed by atoms with E-state index in [1.807, 2.05) is 0 Å². The zero-order valence-corrected chi connectivity index (χ0v) is 15.7. The molecule has 152 valence electrons. The number of hydrogen-bond acceptors (Lipinski definition) is 4. The Morgan fingerprint density at radius 3 is 2.75 bits per heavy atom. The smallest absolute Gasteiger partial charge is 0.352 e. The van der Waals surface area contributed by atoms with E-state index in [-0.39, 0.29) is 11.6 Å². The number of aromatic nitrogens is 2. The van der Waals surface area contributed by atoms with E-state index >= 15 is 0 Å². The number of nitrogens with one attached hydrogen (secondary N) is 2. The molecule has 3 rings (SSSR count). The molecule has 2 aromatic rings. The van der Waals surface area contributed by atoms with Crippen LogP contribution in [0.5, 0.6) is 0 Å². The van der Waals surface area contributed by atoms with Crippen molar-refractivity contribution in [1.82, 2.24) is 25.3 Å². The molecule has 0 radical (unpaired) electrons. The van der Waals surface area contributed by atoms with E-state index in [2.05, 4.69) is 20.6 Å². The number of alkyl halides is 3. The average Bonchev–Trinajstić information content (AvgIpc) is 3.07. The molecule has 1 aliphatic heterocycles. The molecule has 1 aliphatic rings. The van der Waals surface area contributed by atoms with Gasteiger partial charge in [0.15, 0.2) is 0 Å². The normalized spacial score (nSPS) is 15.6. The Kier molecular flexibility index (Phi) is 6.35. The van der Waals surface area contributed by atoms with Crippen LogP contribution in [0.1, 0.15) is 28.0 Å². The Morgan fingerprint density at radius 2 is 2.04 bits per heavy atom. The molecule has 0 bridgehead atoms. The van der Waals surface area contributed by atoms with Crippen molar-refractivity contribution in [2.24, 2.45) is 0 Å².